The Hall–Kier alpha value is 0.210. The lowest BCUT2D eigenvalue weighted by molar-refractivity contribution is -0.0932. The molecule has 4 N–H and O–H groups in total. The molecule has 2 nitrogen and oxygen atoms in total. The molecule has 1 atom stereocenters. The largest absolute Gasteiger partial charge is 0.313 e. The van der Waals surface area contributed by atoms with Crippen molar-refractivity contribution >= 4 is 12.4 Å². The van der Waals surface area contributed by atoms with E-state index in [1.807, 2.05) is 0 Å². The fourth-order valence-electron chi connectivity index (χ4n) is 4.90. The lowest BCUT2D eigenvalue weighted by atomic mass is 9.47. The van der Waals surface area contributed by atoms with Crippen molar-refractivity contribution < 1.29 is 0 Å². The van der Waals surface area contributed by atoms with Crippen LogP contribution in [0.3, 0.4) is 0 Å². The molecule has 20 heavy (non-hydrogen) atoms. The fraction of sp³-hybridized carbons (Fsp3) is 1.00. The normalized spacial score (nSPS) is 14.8. The highest BCUT2D eigenvalue weighted by molar-refractivity contribution is 5.85. The molecule has 0 rings (SSSR count). The summed E-state index contributed by atoms with van der Waals surface area (Å²) in [6, 6.07) is 0. The maximum absolute atomic E-state index is 6.62. The fourth-order valence-corrected chi connectivity index (χ4v) is 4.90. The average Bonchev–Trinajstić information content (AvgIpc) is 2.43. The van der Waals surface area contributed by atoms with Crippen LogP contribution in [0.4, 0.5) is 0 Å². The quantitative estimate of drug-likeness (QED) is 0.583. The molecular formula is C17H39ClN2. The molecule has 0 heterocycles. The molecule has 124 valence electrons. The second-order valence-electron chi connectivity index (χ2n) is 6.36. The Balaban J connectivity index is 0. The van der Waals surface area contributed by atoms with Gasteiger partial charge in [-0.25, -0.2) is 0 Å². The maximum atomic E-state index is 6.62. The van der Waals surface area contributed by atoms with Gasteiger partial charge in [-0.1, -0.05) is 54.9 Å². The van der Waals surface area contributed by atoms with Gasteiger partial charge >= 0.3 is 0 Å². The Morgan fingerprint density at radius 1 is 0.750 bits per heavy atom. The lowest BCUT2D eigenvalue weighted by Gasteiger charge is -2.60. The summed E-state index contributed by atoms with van der Waals surface area (Å²) in [5.41, 5.74) is 12.9. The van der Waals surface area contributed by atoms with Crippen LogP contribution in [0, 0.1) is 16.7 Å². The summed E-state index contributed by atoms with van der Waals surface area (Å²) in [4.78, 5) is 0. The summed E-state index contributed by atoms with van der Waals surface area (Å²) in [6.07, 6.45) is 6.50. The number of nitrogens with two attached hydrogens (primary N) is 2. The molecule has 0 amide bonds. The molecule has 0 bridgehead atoms. The Morgan fingerprint density at radius 3 is 1.35 bits per heavy atom. The van der Waals surface area contributed by atoms with Gasteiger partial charge in [0.2, 0.25) is 0 Å². The molecular weight excluding hydrogens is 268 g/mol. The number of halogens is 1. The van der Waals surface area contributed by atoms with Gasteiger partial charge in [0.1, 0.15) is 0 Å². The van der Waals surface area contributed by atoms with E-state index in [-0.39, 0.29) is 23.2 Å². The number of hydrogen-bond donors (Lipinski definition) is 2. The average molecular weight is 307 g/mol. The van der Waals surface area contributed by atoms with E-state index in [0.29, 0.717) is 5.92 Å². The van der Waals surface area contributed by atoms with Gasteiger partial charge in [-0.2, -0.15) is 0 Å². The Labute approximate surface area is 133 Å². The van der Waals surface area contributed by atoms with E-state index in [4.69, 9.17) is 11.5 Å². The van der Waals surface area contributed by atoms with Gasteiger partial charge in [0.15, 0.2) is 0 Å². The van der Waals surface area contributed by atoms with Gasteiger partial charge in [-0.05, 0) is 43.4 Å². The molecule has 0 aromatic rings. The van der Waals surface area contributed by atoms with E-state index < -0.39 is 5.66 Å². The molecule has 0 aromatic carbocycles. The highest BCUT2D eigenvalue weighted by Crippen LogP contribution is 2.59. The van der Waals surface area contributed by atoms with Crippen molar-refractivity contribution in [2.75, 3.05) is 0 Å². The highest BCUT2D eigenvalue weighted by Gasteiger charge is 2.57. The van der Waals surface area contributed by atoms with E-state index >= 15 is 0 Å². The van der Waals surface area contributed by atoms with Crippen molar-refractivity contribution in [1.29, 1.82) is 0 Å². The van der Waals surface area contributed by atoms with Crippen LogP contribution >= 0.6 is 12.4 Å². The number of rotatable bonds is 9. The molecule has 0 aliphatic rings. The maximum Gasteiger partial charge on any atom is 0.0697 e. The summed E-state index contributed by atoms with van der Waals surface area (Å²) >= 11 is 0. The molecule has 0 aliphatic heterocycles. The summed E-state index contributed by atoms with van der Waals surface area (Å²) in [5.74, 6) is 0.653. The van der Waals surface area contributed by atoms with Crippen LogP contribution in [0.25, 0.3) is 0 Å². The molecule has 0 saturated carbocycles. The molecule has 0 saturated heterocycles. The van der Waals surface area contributed by atoms with Crippen LogP contribution in [0.1, 0.15) is 87.0 Å². The minimum absolute atomic E-state index is 0. The van der Waals surface area contributed by atoms with E-state index in [2.05, 4.69) is 48.5 Å². The second kappa shape index (κ2) is 8.60. The van der Waals surface area contributed by atoms with Crippen molar-refractivity contribution in [3.8, 4) is 0 Å². The minimum atomic E-state index is -0.577. The molecule has 0 fully saturated rings. The van der Waals surface area contributed by atoms with Crippen LogP contribution in [-0.2, 0) is 0 Å². The summed E-state index contributed by atoms with van der Waals surface area (Å²) < 4.78 is 0. The van der Waals surface area contributed by atoms with E-state index in [0.717, 1.165) is 32.1 Å². The van der Waals surface area contributed by atoms with E-state index in [9.17, 15) is 0 Å². The van der Waals surface area contributed by atoms with Gasteiger partial charge in [0.05, 0.1) is 5.66 Å². The zero-order chi connectivity index (χ0) is 15.3. The minimum Gasteiger partial charge on any atom is -0.313 e. The lowest BCUT2D eigenvalue weighted by Crippen LogP contribution is -2.68. The zero-order valence-electron chi connectivity index (χ0n) is 14.9. The third kappa shape index (κ3) is 3.18. The SMILES string of the molecule is CCC(C)C(CC)(CC)C(CC)(CC)C(N)(N)CC.Cl. The summed E-state index contributed by atoms with van der Waals surface area (Å²) in [7, 11) is 0. The van der Waals surface area contributed by atoms with Crippen molar-refractivity contribution in [2.24, 2.45) is 28.2 Å². The van der Waals surface area contributed by atoms with E-state index in [1.54, 1.807) is 0 Å². The van der Waals surface area contributed by atoms with Gasteiger partial charge in [0, 0.05) is 5.41 Å². The smallest absolute Gasteiger partial charge is 0.0697 e. The molecule has 3 heteroatoms. The first kappa shape index (κ1) is 22.5. The monoisotopic (exact) mass is 306 g/mol. The molecule has 0 aliphatic carbocycles. The molecule has 0 spiro atoms. The third-order valence-corrected chi connectivity index (χ3v) is 6.45. The summed E-state index contributed by atoms with van der Waals surface area (Å²) in [6.45, 7) is 16.0. The van der Waals surface area contributed by atoms with Gasteiger partial charge in [-0.15, -0.1) is 12.4 Å². The zero-order valence-corrected chi connectivity index (χ0v) is 15.7. The highest BCUT2D eigenvalue weighted by atomic mass is 35.5. The Bertz CT molecular complexity index is 256. The standard InChI is InChI=1S/C17H38N2.ClH/c1-8-14(7)15(9-2,10-3)16(11-4,12-5)17(18,19)13-6;/h14H,8-13,18-19H2,1-7H3;1H. The van der Waals surface area contributed by atoms with Crippen molar-refractivity contribution in [3.63, 3.8) is 0 Å². The van der Waals surface area contributed by atoms with Gasteiger partial charge < -0.3 is 11.5 Å². The van der Waals surface area contributed by atoms with Crippen LogP contribution in [0.5, 0.6) is 0 Å². The second-order valence-corrected chi connectivity index (χ2v) is 6.36. The Kier molecular flexibility index (Phi) is 9.68. The first-order valence-corrected chi connectivity index (χ1v) is 8.36. The topological polar surface area (TPSA) is 52.0 Å². The predicted octanol–water partition coefficient (Wildman–Crippen LogP) is 5.09. The van der Waals surface area contributed by atoms with Crippen LogP contribution in [-0.4, -0.2) is 5.66 Å². The predicted molar refractivity (Wildman–Crippen MR) is 94.1 cm³/mol. The first-order chi connectivity index (χ1) is 8.78. The van der Waals surface area contributed by atoms with Crippen molar-refractivity contribution in [3.05, 3.63) is 0 Å². The van der Waals surface area contributed by atoms with E-state index in [1.165, 1.54) is 6.42 Å². The van der Waals surface area contributed by atoms with Crippen molar-refractivity contribution in [1.82, 2.24) is 0 Å². The molecule has 0 aromatic heterocycles. The molecule has 0 radical (unpaired) electrons. The van der Waals surface area contributed by atoms with Gasteiger partial charge in [0.25, 0.3) is 0 Å². The third-order valence-electron chi connectivity index (χ3n) is 6.45. The summed E-state index contributed by atoms with van der Waals surface area (Å²) in [5, 5.41) is 0. The van der Waals surface area contributed by atoms with Crippen LogP contribution in [0.15, 0.2) is 0 Å². The first-order valence-electron chi connectivity index (χ1n) is 8.36. The van der Waals surface area contributed by atoms with Crippen molar-refractivity contribution in [2.45, 2.75) is 92.7 Å². The number of hydrogen-bond acceptors (Lipinski definition) is 2. The molecule has 1 unspecified atom stereocenters. The van der Waals surface area contributed by atoms with Crippen LogP contribution < -0.4 is 11.5 Å². The Morgan fingerprint density at radius 2 is 1.15 bits per heavy atom. The van der Waals surface area contributed by atoms with Gasteiger partial charge in [-0.3, -0.25) is 0 Å². The van der Waals surface area contributed by atoms with Crippen LogP contribution in [0.2, 0.25) is 0 Å².